The Morgan fingerprint density at radius 2 is 1.38 bits per heavy atom. The molecule has 5 nitrogen and oxygen atoms in total. The van der Waals surface area contributed by atoms with Crippen molar-refractivity contribution in [1.82, 2.24) is 15.0 Å². The van der Waals surface area contributed by atoms with Crippen molar-refractivity contribution in [2.45, 2.75) is 89.4 Å². The molecule has 0 amide bonds. The van der Waals surface area contributed by atoms with Crippen LogP contribution in [0.25, 0.3) is 38.9 Å². The number of benzene rings is 6. The minimum absolute atomic E-state index is 0.0611. The van der Waals surface area contributed by atoms with Gasteiger partial charge in [-0.3, -0.25) is 0 Å². The molecule has 0 spiro atoms. The molecule has 3 heterocycles. The summed E-state index contributed by atoms with van der Waals surface area (Å²) in [6, 6.07) is 48.8. The van der Waals surface area contributed by atoms with Gasteiger partial charge in [0, 0.05) is 33.0 Å². The van der Waals surface area contributed by atoms with Crippen molar-refractivity contribution in [2.75, 3.05) is 4.90 Å². The van der Waals surface area contributed by atoms with Gasteiger partial charge in [0.2, 0.25) is 0 Å². The van der Waals surface area contributed by atoms with E-state index < -0.39 is 5.41 Å². The molecule has 2 bridgehead atoms. The van der Waals surface area contributed by atoms with E-state index in [1.807, 2.05) is 0 Å². The first-order valence-corrected chi connectivity index (χ1v) is 24.0. The zero-order valence-electron chi connectivity index (χ0n) is 37.9. The van der Waals surface area contributed by atoms with Crippen LogP contribution in [0.1, 0.15) is 110 Å². The Kier molecular flexibility index (Phi) is 9.56. The quantitative estimate of drug-likeness (QED) is 0.135. The Hall–Kier alpha value is -6.59. The molecule has 13 rings (SSSR count). The van der Waals surface area contributed by atoms with Crippen LogP contribution >= 0.6 is 0 Å². The normalized spacial score (nSPS) is 21.9. The monoisotopic (exact) mass is 848 g/mol. The molecule has 6 aromatic carbocycles. The van der Waals surface area contributed by atoms with Crippen LogP contribution in [0.3, 0.4) is 0 Å². The number of nitrogens with zero attached hydrogens (tertiary/aromatic N) is 4. The smallest absolute Gasteiger partial charge is 0.164 e. The van der Waals surface area contributed by atoms with Crippen LogP contribution in [-0.4, -0.2) is 15.0 Å². The Labute approximate surface area is 383 Å². The molecule has 4 aliphatic carbocycles. The summed E-state index contributed by atoms with van der Waals surface area (Å²) in [5.41, 5.74) is 13.9. The lowest BCUT2D eigenvalue weighted by Crippen LogP contribution is -2.37. The average molecular weight is 849 g/mol. The molecule has 8 aromatic rings. The highest BCUT2D eigenvalue weighted by Gasteiger charge is 2.48. The van der Waals surface area contributed by atoms with E-state index in [1.54, 1.807) is 0 Å². The molecule has 2 saturated carbocycles. The molecular weight excluding hydrogens is 793 g/mol. The summed E-state index contributed by atoms with van der Waals surface area (Å²) in [5, 5.41) is 2.25. The van der Waals surface area contributed by atoms with Crippen LogP contribution in [0, 0.1) is 31.6 Å². The topological polar surface area (TPSA) is 55.1 Å². The molecular formula is C60H56N4O. The van der Waals surface area contributed by atoms with Gasteiger partial charge in [0.15, 0.2) is 11.6 Å². The fourth-order valence-electron chi connectivity index (χ4n) is 12.8. The summed E-state index contributed by atoms with van der Waals surface area (Å²) in [4.78, 5) is 18.9. The van der Waals surface area contributed by atoms with Gasteiger partial charge in [-0.15, -0.1) is 6.58 Å². The minimum atomic E-state index is -0.687. The summed E-state index contributed by atoms with van der Waals surface area (Å²) >= 11 is 0. The van der Waals surface area contributed by atoms with Crippen molar-refractivity contribution >= 4 is 44.6 Å². The molecule has 2 atom stereocenters. The van der Waals surface area contributed by atoms with Crippen molar-refractivity contribution in [2.24, 2.45) is 17.8 Å². The fourth-order valence-corrected chi connectivity index (χ4v) is 12.8. The summed E-state index contributed by atoms with van der Waals surface area (Å²) in [6.07, 6.45) is 14.9. The predicted octanol–water partition coefficient (Wildman–Crippen LogP) is 15.4. The highest BCUT2D eigenvalue weighted by Crippen LogP contribution is 2.59. The first kappa shape index (κ1) is 40.0. The number of anilines is 3. The third-order valence-electron chi connectivity index (χ3n) is 15.9. The third-order valence-corrected chi connectivity index (χ3v) is 15.9. The van der Waals surface area contributed by atoms with Crippen LogP contribution in [-0.2, 0) is 10.8 Å². The zero-order valence-corrected chi connectivity index (χ0v) is 37.9. The first-order valence-electron chi connectivity index (χ1n) is 24.0. The van der Waals surface area contributed by atoms with E-state index in [0.717, 1.165) is 129 Å². The second-order valence-corrected chi connectivity index (χ2v) is 19.7. The van der Waals surface area contributed by atoms with Crippen molar-refractivity contribution in [3.8, 4) is 11.4 Å². The van der Waals surface area contributed by atoms with E-state index in [9.17, 15) is 0 Å². The second-order valence-electron chi connectivity index (χ2n) is 19.7. The number of aryl methyl sites for hydroxylation is 2. The molecule has 0 radical (unpaired) electrons. The van der Waals surface area contributed by atoms with E-state index in [1.165, 1.54) is 41.5 Å². The largest absolute Gasteiger partial charge is 0.456 e. The first-order chi connectivity index (χ1) is 31.9. The van der Waals surface area contributed by atoms with Gasteiger partial charge in [-0.2, -0.15) is 0 Å². The Bertz CT molecular complexity index is 3120. The van der Waals surface area contributed by atoms with E-state index in [4.69, 9.17) is 19.4 Å². The van der Waals surface area contributed by atoms with Gasteiger partial charge in [0.25, 0.3) is 0 Å². The van der Waals surface area contributed by atoms with Crippen molar-refractivity contribution in [3.05, 3.63) is 197 Å². The molecule has 0 N–H and O–H groups in total. The Balaban J connectivity index is 1.04. The van der Waals surface area contributed by atoms with Gasteiger partial charge in [-0.1, -0.05) is 122 Å². The molecule has 2 unspecified atom stereocenters. The van der Waals surface area contributed by atoms with Gasteiger partial charge in [0.1, 0.15) is 17.0 Å². The van der Waals surface area contributed by atoms with Gasteiger partial charge in [-0.25, -0.2) is 15.0 Å². The number of hydrogen-bond donors (Lipinski definition) is 0. The number of furan rings is 1. The number of para-hydroxylation sites is 4. The lowest BCUT2D eigenvalue weighted by molar-refractivity contribution is 0.207. The number of aromatic nitrogens is 3. The zero-order chi connectivity index (χ0) is 43.9. The van der Waals surface area contributed by atoms with Crippen LogP contribution < -0.4 is 4.90 Å². The van der Waals surface area contributed by atoms with Crippen LogP contribution in [0.2, 0.25) is 0 Å². The molecule has 65 heavy (non-hydrogen) atoms. The maximum absolute atomic E-state index is 6.90. The molecule has 2 fully saturated rings. The predicted molar refractivity (Wildman–Crippen MR) is 266 cm³/mol. The van der Waals surface area contributed by atoms with E-state index >= 15 is 0 Å². The van der Waals surface area contributed by atoms with Gasteiger partial charge < -0.3 is 9.32 Å². The number of rotatable bonds is 9. The second kappa shape index (κ2) is 15.5. The Morgan fingerprint density at radius 1 is 0.723 bits per heavy atom. The van der Waals surface area contributed by atoms with Crippen molar-refractivity contribution < 1.29 is 4.42 Å². The third kappa shape index (κ3) is 6.21. The highest BCUT2D eigenvalue weighted by atomic mass is 16.3. The van der Waals surface area contributed by atoms with Crippen LogP contribution in [0.4, 0.5) is 17.1 Å². The number of allylic oxidation sites excluding steroid dienone is 3. The highest BCUT2D eigenvalue weighted by molar-refractivity contribution is 6.07. The van der Waals surface area contributed by atoms with Gasteiger partial charge >= 0.3 is 0 Å². The molecule has 0 saturated heterocycles. The lowest BCUT2D eigenvalue weighted by Gasteiger charge is -2.46. The standard InChI is InChI=1S/C60H56N4O/c1-5-17-40-30-31-59(6-2,37-40)58-62-56(43-29-28-41-34-42(35-41)36-43)61-57(63-58)54-38(3)32-45(33-39(54)4)64-51-25-13-11-22-48(51)60(44-18-8-7-9-19-44,49-23-12-14-26-52(49)64)50-24-16-21-47-46-20-10-15-27-53(46)65-55(47)50/h5,7-16,18-27,29,32-33,40-42H,1,6,17,28,30-31,34-37H2,2-4H3. The van der Waals surface area contributed by atoms with Crippen molar-refractivity contribution in [1.29, 1.82) is 0 Å². The number of hydrogen-bond acceptors (Lipinski definition) is 5. The van der Waals surface area contributed by atoms with E-state index in [2.05, 4.69) is 178 Å². The van der Waals surface area contributed by atoms with E-state index in [-0.39, 0.29) is 5.41 Å². The van der Waals surface area contributed by atoms with Crippen molar-refractivity contribution in [3.63, 3.8) is 0 Å². The average Bonchev–Trinajstić information content (AvgIpc) is 3.77. The van der Waals surface area contributed by atoms with Gasteiger partial charge in [0.05, 0.1) is 16.8 Å². The fraction of sp³-hybridized carbons (Fsp3) is 0.283. The van der Waals surface area contributed by atoms with E-state index in [0.29, 0.717) is 5.92 Å². The summed E-state index contributed by atoms with van der Waals surface area (Å²) < 4.78 is 6.90. The molecule has 2 aromatic heterocycles. The van der Waals surface area contributed by atoms with Gasteiger partial charge in [-0.05, 0) is 153 Å². The van der Waals surface area contributed by atoms with Crippen LogP contribution in [0.5, 0.6) is 0 Å². The maximum Gasteiger partial charge on any atom is 0.164 e. The summed E-state index contributed by atoms with van der Waals surface area (Å²) in [5.74, 6) is 4.87. The molecule has 5 aliphatic rings. The molecule has 5 heteroatoms. The Morgan fingerprint density at radius 3 is 2.12 bits per heavy atom. The summed E-state index contributed by atoms with van der Waals surface area (Å²) in [6.45, 7) is 10.9. The maximum atomic E-state index is 6.90. The van der Waals surface area contributed by atoms with Crippen LogP contribution in [0.15, 0.2) is 157 Å². The molecule has 322 valence electrons. The summed E-state index contributed by atoms with van der Waals surface area (Å²) in [7, 11) is 0. The number of fused-ring (bicyclic) bond motifs is 7. The minimum Gasteiger partial charge on any atom is -0.456 e. The lowest BCUT2D eigenvalue weighted by atomic mass is 9.62. The SMILES string of the molecule is C=CCC1CCC(CC)(c2nc(C3=CCC4CC(C3)C4)nc(-c3c(C)cc(N4c5ccccc5C(c5ccccc5)(c5cccc6c5oc5ccccc56)c5ccccc54)cc3C)n2)C1. The molecule has 1 aliphatic heterocycles.